The van der Waals surface area contributed by atoms with Crippen LogP contribution in [0.1, 0.15) is 26.5 Å². The van der Waals surface area contributed by atoms with Gasteiger partial charge in [0.1, 0.15) is 11.6 Å². The molecule has 1 aromatic heterocycles. The number of anilines is 2. The first-order valence-electron chi connectivity index (χ1n) is 8.39. The van der Waals surface area contributed by atoms with Crippen LogP contribution in [0.2, 0.25) is 5.02 Å². The first kappa shape index (κ1) is 20.5. The number of ether oxygens (including phenoxy) is 1. The minimum absolute atomic E-state index is 0.248. The third-order valence-electron chi connectivity index (χ3n) is 3.42. The first-order chi connectivity index (χ1) is 12.6. The van der Waals surface area contributed by atoms with Crippen molar-refractivity contribution in [1.82, 2.24) is 10.3 Å². The second kappa shape index (κ2) is 8.73. The number of nitrogens with two attached hydrogens (primary N) is 1. The number of hydrogen-bond donors (Lipinski definition) is 3. The van der Waals surface area contributed by atoms with Crippen molar-refractivity contribution in [2.75, 3.05) is 11.1 Å². The van der Waals surface area contributed by atoms with E-state index < -0.39 is 23.6 Å². The normalized spacial score (nSPS) is 12.1. The van der Waals surface area contributed by atoms with E-state index in [-0.39, 0.29) is 6.42 Å². The molecule has 1 heterocycles. The Morgan fingerprint density at radius 1 is 1.26 bits per heavy atom. The molecular formula is C19H23ClN4O3. The number of imide groups is 1. The first-order valence-corrected chi connectivity index (χ1v) is 8.77. The number of aromatic nitrogens is 1. The fourth-order valence-corrected chi connectivity index (χ4v) is 2.46. The van der Waals surface area contributed by atoms with Gasteiger partial charge in [-0.1, -0.05) is 17.7 Å². The summed E-state index contributed by atoms with van der Waals surface area (Å²) >= 11 is 5.92. The van der Waals surface area contributed by atoms with Crippen LogP contribution in [-0.2, 0) is 16.0 Å². The van der Waals surface area contributed by atoms with Crippen LogP contribution in [0, 0.1) is 0 Å². The second-order valence-corrected chi connectivity index (χ2v) is 7.38. The molecule has 7 nitrogen and oxygen atoms in total. The maximum Gasteiger partial charge on any atom is 0.414 e. The molecule has 27 heavy (non-hydrogen) atoms. The van der Waals surface area contributed by atoms with Crippen LogP contribution in [0.5, 0.6) is 0 Å². The molecule has 0 fully saturated rings. The molecule has 2 aromatic rings. The topological polar surface area (TPSA) is 106 Å². The monoisotopic (exact) mass is 390 g/mol. The minimum Gasteiger partial charge on any atom is -0.444 e. The van der Waals surface area contributed by atoms with Crippen LogP contribution >= 0.6 is 11.6 Å². The number of amides is 2. The number of nitrogens with zero attached hydrogens (tertiary/aromatic N) is 1. The Hall–Kier alpha value is -2.80. The Bertz CT molecular complexity index is 806. The maximum absolute atomic E-state index is 12.7. The van der Waals surface area contributed by atoms with E-state index in [9.17, 15) is 9.59 Å². The van der Waals surface area contributed by atoms with E-state index in [1.54, 1.807) is 57.3 Å². The van der Waals surface area contributed by atoms with Crippen molar-refractivity contribution < 1.29 is 14.3 Å². The van der Waals surface area contributed by atoms with E-state index in [0.717, 1.165) is 0 Å². The van der Waals surface area contributed by atoms with Crippen molar-refractivity contribution in [1.29, 1.82) is 0 Å². The summed E-state index contributed by atoms with van der Waals surface area (Å²) in [7, 11) is 0. The van der Waals surface area contributed by atoms with E-state index in [2.05, 4.69) is 15.6 Å². The number of nitrogens with one attached hydrogen (secondary N) is 2. The van der Waals surface area contributed by atoms with E-state index in [0.29, 0.717) is 22.1 Å². The number of alkyl carbamates (subject to hydrolysis) is 1. The summed E-state index contributed by atoms with van der Waals surface area (Å²) in [5.41, 5.74) is 6.85. The van der Waals surface area contributed by atoms with Crippen molar-refractivity contribution in [3.05, 3.63) is 53.3 Å². The molecule has 0 bridgehead atoms. The summed E-state index contributed by atoms with van der Waals surface area (Å²) in [6, 6.07) is 9.50. The number of rotatable bonds is 5. The number of nitrogen functional groups attached to an aromatic ring is 1. The van der Waals surface area contributed by atoms with Gasteiger partial charge in [0, 0.05) is 23.3 Å². The van der Waals surface area contributed by atoms with Crippen LogP contribution in [0.3, 0.4) is 0 Å². The predicted molar refractivity (Wildman–Crippen MR) is 106 cm³/mol. The Kier molecular flexibility index (Phi) is 6.63. The Morgan fingerprint density at radius 3 is 2.59 bits per heavy atom. The molecule has 0 saturated heterocycles. The number of pyridine rings is 1. The summed E-state index contributed by atoms with van der Waals surface area (Å²) in [5, 5.41) is 5.78. The van der Waals surface area contributed by atoms with Gasteiger partial charge >= 0.3 is 6.09 Å². The van der Waals surface area contributed by atoms with Gasteiger partial charge in [-0.05, 0) is 51.1 Å². The molecule has 0 aliphatic rings. The standard InChI is InChI=1S/C19H23ClN4O3/c1-19(2,3)27-18(26)24-17(25)16(11-13-6-4-5-9-22-13)23-15-8-7-12(20)10-14(15)21/h4-10,16,23H,11,21H2,1-3H3,(H,24,25,26)/t16-/m0/s1. The lowest BCUT2D eigenvalue weighted by molar-refractivity contribution is -0.121. The van der Waals surface area contributed by atoms with Gasteiger partial charge in [-0.3, -0.25) is 15.1 Å². The lowest BCUT2D eigenvalue weighted by Gasteiger charge is -2.22. The van der Waals surface area contributed by atoms with Gasteiger partial charge in [-0.25, -0.2) is 4.79 Å². The molecule has 1 aromatic carbocycles. The molecule has 144 valence electrons. The van der Waals surface area contributed by atoms with E-state index in [1.807, 2.05) is 6.07 Å². The van der Waals surface area contributed by atoms with Crippen molar-refractivity contribution in [3.8, 4) is 0 Å². The smallest absolute Gasteiger partial charge is 0.414 e. The van der Waals surface area contributed by atoms with E-state index >= 15 is 0 Å². The van der Waals surface area contributed by atoms with Gasteiger partial charge in [0.15, 0.2) is 0 Å². The van der Waals surface area contributed by atoms with Gasteiger partial charge in [0.05, 0.1) is 11.4 Å². The Labute approximate surface area is 163 Å². The van der Waals surface area contributed by atoms with Crippen molar-refractivity contribution in [3.63, 3.8) is 0 Å². The summed E-state index contributed by atoms with van der Waals surface area (Å²) in [6.07, 6.45) is 1.07. The van der Waals surface area contributed by atoms with Crippen LogP contribution < -0.4 is 16.4 Å². The predicted octanol–water partition coefficient (Wildman–Crippen LogP) is 3.39. The molecule has 0 radical (unpaired) electrons. The zero-order chi connectivity index (χ0) is 20.0. The molecule has 0 aliphatic carbocycles. The number of carbonyl (C=O) groups excluding carboxylic acids is 2. The molecule has 0 aliphatic heterocycles. The van der Waals surface area contributed by atoms with Crippen LogP contribution in [-0.4, -0.2) is 28.6 Å². The fourth-order valence-electron chi connectivity index (χ4n) is 2.28. The van der Waals surface area contributed by atoms with Crippen molar-refractivity contribution in [2.45, 2.75) is 38.8 Å². The highest BCUT2D eigenvalue weighted by atomic mass is 35.5. The molecule has 8 heteroatoms. The largest absolute Gasteiger partial charge is 0.444 e. The molecule has 0 unspecified atom stereocenters. The molecule has 4 N–H and O–H groups in total. The number of hydrogen-bond acceptors (Lipinski definition) is 6. The molecule has 2 rings (SSSR count). The Balaban J connectivity index is 2.18. The number of benzene rings is 1. The maximum atomic E-state index is 12.7. The number of carbonyl (C=O) groups is 2. The molecule has 2 amide bonds. The molecule has 1 atom stereocenters. The summed E-state index contributed by atoms with van der Waals surface area (Å²) in [6.45, 7) is 5.15. The quantitative estimate of drug-likeness (QED) is 0.675. The zero-order valence-electron chi connectivity index (χ0n) is 15.5. The van der Waals surface area contributed by atoms with Crippen LogP contribution in [0.15, 0.2) is 42.6 Å². The average Bonchev–Trinajstić information content (AvgIpc) is 2.55. The summed E-state index contributed by atoms with van der Waals surface area (Å²) < 4.78 is 5.14. The molecular weight excluding hydrogens is 368 g/mol. The lowest BCUT2D eigenvalue weighted by Crippen LogP contribution is -2.45. The highest BCUT2D eigenvalue weighted by Crippen LogP contribution is 2.24. The molecule has 0 spiro atoms. The van der Waals surface area contributed by atoms with E-state index in [1.165, 1.54) is 0 Å². The fraction of sp³-hybridized carbons (Fsp3) is 0.316. The summed E-state index contributed by atoms with van der Waals surface area (Å²) in [4.78, 5) is 28.8. The van der Waals surface area contributed by atoms with Gasteiger partial charge < -0.3 is 15.8 Å². The van der Waals surface area contributed by atoms with Crippen molar-refractivity contribution >= 4 is 35.0 Å². The van der Waals surface area contributed by atoms with Gasteiger partial charge in [0.2, 0.25) is 0 Å². The van der Waals surface area contributed by atoms with Gasteiger partial charge in [-0.2, -0.15) is 0 Å². The minimum atomic E-state index is -0.815. The van der Waals surface area contributed by atoms with Crippen molar-refractivity contribution in [2.24, 2.45) is 0 Å². The number of halogens is 1. The summed E-state index contributed by atoms with van der Waals surface area (Å²) in [5.74, 6) is -0.552. The van der Waals surface area contributed by atoms with Gasteiger partial charge in [0.25, 0.3) is 5.91 Å². The highest BCUT2D eigenvalue weighted by molar-refractivity contribution is 6.31. The average molecular weight is 391 g/mol. The third kappa shape index (κ3) is 6.79. The second-order valence-electron chi connectivity index (χ2n) is 6.94. The molecule has 0 saturated carbocycles. The Morgan fingerprint density at radius 2 is 2.00 bits per heavy atom. The highest BCUT2D eigenvalue weighted by Gasteiger charge is 2.25. The van der Waals surface area contributed by atoms with E-state index in [4.69, 9.17) is 22.1 Å². The lowest BCUT2D eigenvalue weighted by atomic mass is 10.1. The SMILES string of the molecule is CC(C)(C)OC(=O)NC(=O)[C@H](Cc1ccccn1)Nc1ccc(Cl)cc1N. The zero-order valence-corrected chi connectivity index (χ0v) is 16.2. The van der Waals surface area contributed by atoms with Crippen LogP contribution in [0.4, 0.5) is 16.2 Å². The third-order valence-corrected chi connectivity index (χ3v) is 3.66. The van der Waals surface area contributed by atoms with Gasteiger partial charge in [-0.15, -0.1) is 0 Å². The van der Waals surface area contributed by atoms with Crippen LogP contribution in [0.25, 0.3) is 0 Å².